The lowest BCUT2D eigenvalue weighted by Crippen LogP contribution is -2.45. The first-order valence-electron chi connectivity index (χ1n) is 11.3. The second-order valence-corrected chi connectivity index (χ2v) is 10.5. The number of amides is 1. The molecule has 0 unspecified atom stereocenters. The van der Waals surface area contributed by atoms with Gasteiger partial charge >= 0.3 is 0 Å². The van der Waals surface area contributed by atoms with E-state index in [4.69, 9.17) is 16.6 Å². The quantitative estimate of drug-likeness (QED) is 0.332. The van der Waals surface area contributed by atoms with Crippen LogP contribution in [0.3, 0.4) is 0 Å². The molecule has 0 N–H and O–H groups in total. The van der Waals surface area contributed by atoms with Gasteiger partial charge < -0.3 is 9.47 Å². The van der Waals surface area contributed by atoms with E-state index in [0.717, 1.165) is 51.7 Å². The SMILES string of the molecule is CCn1c([C@]2(C)CCCN2C(=O)c2nc(C)sc2-c2cccc(Cl)c2)nc2cccc(C)c21. The predicted octanol–water partition coefficient (Wildman–Crippen LogP) is 6.60. The fourth-order valence-corrected chi connectivity index (χ4v) is 6.23. The summed E-state index contributed by atoms with van der Waals surface area (Å²) in [7, 11) is 0. The first-order valence-corrected chi connectivity index (χ1v) is 12.5. The molecule has 0 spiro atoms. The summed E-state index contributed by atoms with van der Waals surface area (Å²) < 4.78 is 2.28. The Labute approximate surface area is 203 Å². The predicted molar refractivity (Wildman–Crippen MR) is 135 cm³/mol. The summed E-state index contributed by atoms with van der Waals surface area (Å²) in [6.45, 7) is 9.85. The van der Waals surface area contributed by atoms with Crippen molar-refractivity contribution in [2.45, 2.75) is 52.6 Å². The maximum Gasteiger partial charge on any atom is 0.274 e. The van der Waals surface area contributed by atoms with E-state index in [9.17, 15) is 4.79 Å². The van der Waals surface area contributed by atoms with E-state index in [0.29, 0.717) is 17.3 Å². The third-order valence-electron chi connectivity index (χ3n) is 6.68. The lowest BCUT2D eigenvalue weighted by Gasteiger charge is -2.35. The molecule has 1 aliphatic heterocycles. The molecule has 0 saturated carbocycles. The molecule has 0 radical (unpaired) electrons. The lowest BCUT2D eigenvalue weighted by atomic mass is 9.97. The van der Waals surface area contributed by atoms with Gasteiger partial charge in [-0.05, 0) is 69.9 Å². The van der Waals surface area contributed by atoms with E-state index in [-0.39, 0.29) is 5.91 Å². The molecule has 1 amide bonds. The van der Waals surface area contributed by atoms with Crippen LogP contribution in [-0.2, 0) is 12.1 Å². The van der Waals surface area contributed by atoms with Crippen LogP contribution in [0.5, 0.6) is 0 Å². The molecule has 1 saturated heterocycles. The Hall–Kier alpha value is -2.70. The third kappa shape index (κ3) is 3.56. The molecule has 1 aliphatic rings. The fourth-order valence-electron chi connectivity index (χ4n) is 5.13. The molecule has 5 nitrogen and oxygen atoms in total. The fraction of sp³-hybridized carbons (Fsp3) is 0.346. The number of imidazole rings is 1. The molecule has 33 heavy (non-hydrogen) atoms. The second-order valence-electron chi connectivity index (χ2n) is 8.88. The number of benzene rings is 2. The van der Waals surface area contributed by atoms with Crippen LogP contribution in [0, 0.1) is 13.8 Å². The van der Waals surface area contributed by atoms with Gasteiger partial charge in [0.25, 0.3) is 5.91 Å². The zero-order valence-electron chi connectivity index (χ0n) is 19.4. The molecule has 0 aliphatic carbocycles. The number of para-hydroxylation sites is 1. The Morgan fingerprint density at radius 1 is 1.18 bits per heavy atom. The summed E-state index contributed by atoms with van der Waals surface area (Å²) in [4.78, 5) is 26.6. The normalized spacial score (nSPS) is 18.4. The minimum Gasteiger partial charge on any atom is -0.326 e. The van der Waals surface area contributed by atoms with Crippen LogP contribution in [0.4, 0.5) is 0 Å². The zero-order valence-corrected chi connectivity index (χ0v) is 20.9. The largest absolute Gasteiger partial charge is 0.326 e. The molecule has 0 bridgehead atoms. The number of carbonyl (C=O) groups excluding carboxylic acids is 1. The van der Waals surface area contributed by atoms with Crippen LogP contribution < -0.4 is 0 Å². The highest BCUT2D eigenvalue weighted by Gasteiger charge is 2.46. The van der Waals surface area contributed by atoms with Gasteiger partial charge in [-0.25, -0.2) is 9.97 Å². The molecule has 4 aromatic rings. The highest BCUT2D eigenvalue weighted by Crippen LogP contribution is 2.42. The summed E-state index contributed by atoms with van der Waals surface area (Å²) in [6, 6.07) is 13.9. The lowest BCUT2D eigenvalue weighted by molar-refractivity contribution is 0.0594. The molecular formula is C26H27ClN4OS. The average Bonchev–Trinajstić information content (AvgIpc) is 3.49. The van der Waals surface area contributed by atoms with Crippen LogP contribution in [0.25, 0.3) is 21.5 Å². The smallest absolute Gasteiger partial charge is 0.274 e. The van der Waals surface area contributed by atoms with Crippen molar-refractivity contribution in [1.82, 2.24) is 19.4 Å². The van der Waals surface area contributed by atoms with Gasteiger partial charge in [-0.1, -0.05) is 35.9 Å². The summed E-state index contributed by atoms with van der Waals surface area (Å²) >= 11 is 7.78. The van der Waals surface area contributed by atoms with Gasteiger partial charge in [0, 0.05) is 18.1 Å². The number of thiazole rings is 1. The van der Waals surface area contributed by atoms with Crippen LogP contribution in [0.1, 0.15) is 53.6 Å². The number of halogens is 1. The maximum atomic E-state index is 14.0. The van der Waals surface area contributed by atoms with Crippen LogP contribution >= 0.6 is 22.9 Å². The van der Waals surface area contributed by atoms with E-state index in [1.54, 1.807) is 0 Å². The van der Waals surface area contributed by atoms with Gasteiger partial charge in [0.2, 0.25) is 0 Å². The highest BCUT2D eigenvalue weighted by atomic mass is 35.5. The van der Waals surface area contributed by atoms with Gasteiger partial charge in [0.15, 0.2) is 0 Å². The first-order chi connectivity index (χ1) is 15.8. The number of hydrogen-bond acceptors (Lipinski definition) is 4. The van der Waals surface area contributed by atoms with Crippen molar-refractivity contribution in [3.05, 3.63) is 69.6 Å². The van der Waals surface area contributed by atoms with Crippen molar-refractivity contribution in [3.63, 3.8) is 0 Å². The molecule has 170 valence electrons. The standard InChI is InChI=1S/C26H27ClN4OS/c1-5-30-22-16(2)9-6-12-20(22)29-25(30)26(4)13-8-14-31(26)24(32)21-23(33-17(3)28-21)18-10-7-11-19(27)15-18/h6-7,9-12,15H,5,8,13-14H2,1-4H3/t26-/m0/s1. The maximum absolute atomic E-state index is 14.0. The van der Waals surface area contributed by atoms with Crippen molar-refractivity contribution < 1.29 is 4.79 Å². The van der Waals surface area contributed by atoms with E-state index in [2.05, 4.69) is 42.5 Å². The van der Waals surface area contributed by atoms with Crippen molar-refractivity contribution in [2.75, 3.05) is 6.54 Å². The Kier molecular flexibility index (Phi) is 5.53. The third-order valence-corrected chi connectivity index (χ3v) is 7.93. The summed E-state index contributed by atoms with van der Waals surface area (Å²) in [5, 5.41) is 1.51. The molecule has 2 aromatic carbocycles. The molecule has 1 fully saturated rings. The number of hydrogen-bond donors (Lipinski definition) is 0. The van der Waals surface area contributed by atoms with Gasteiger partial charge in [-0.15, -0.1) is 11.3 Å². The number of carbonyl (C=O) groups is 1. The van der Waals surface area contributed by atoms with Crippen molar-refractivity contribution in [1.29, 1.82) is 0 Å². The first kappa shape index (κ1) is 22.1. The van der Waals surface area contributed by atoms with E-state index >= 15 is 0 Å². The molecule has 5 rings (SSSR count). The Balaban J connectivity index is 1.61. The highest BCUT2D eigenvalue weighted by molar-refractivity contribution is 7.15. The molecule has 1 atom stereocenters. The number of likely N-dealkylation sites (tertiary alicyclic amines) is 1. The second kappa shape index (κ2) is 8.26. The minimum absolute atomic E-state index is 0.0410. The van der Waals surface area contributed by atoms with Gasteiger partial charge in [0.05, 0.1) is 26.5 Å². The summed E-state index contributed by atoms with van der Waals surface area (Å²) in [6.07, 6.45) is 1.81. The summed E-state index contributed by atoms with van der Waals surface area (Å²) in [5.74, 6) is 0.914. The molecule has 2 aromatic heterocycles. The monoisotopic (exact) mass is 478 g/mol. The number of aromatic nitrogens is 3. The zero-order chi connectivity index (χ0) is 23.3. The van der Waals surface area contributed by atoms with Gasteiger partial charge in [-0.3, -0.25) is 4.79 Å². The van der Waals surface area contributed by atoms with Crippen molar-refractivity contribution in [2.24, 2.45) is 0 Å². The molecular weight excluding hydrogens is 452 g/mol. The van der Waals surface area contributed by atoms with E-state index in [1.807, 2.05) is 42.2 Å². The van der Waals surface area contributed by atoms with Gasteiger partial charge in [-0.2, -0.15) is 0 Å². The van der Waals surface area contributed by atoms with Crippen LogP contribution in [-0.4, -0.2) is 31.9 Å². The minimum atomic E-state index is -0.498. The summed E-state index contributed by atoms with van der Waals surface area (Å²) in [5.41, 5.74) is 4.26. The van der Waals surface area contributed by atoms with E-state index < -0.39 is 5.54 Å². The average molecular weight is 479 g/mol. The topological polar surface area (TPSA) is 51.0 Å². The number of fused-ring (bicyclic) bond motifs is 1. The Morgan fingerprint density at radius 3 is 2.73 bits per heavy atom. The van der Waals surface area contributed by atoms with E-state index in [1.165, 1.54) is 16.9 Å². The van der Waals surface area contributed by atoms with Crippen LogP contribution in [0.15, 0.2) is 42.5 Å². The Morgan fingerprint density at radius 2 is 1.97 bits per heavy atom. The Bertz CT molecular complexity index is 1370. The number of nitrogens with zero attached hydrogens (tertiary/aromatic N) is 4. The molecule has 3 heterocycles. The molecule has 7 heteroatoms. The number of rotatable bonds is 4. The number of aryl methyl sites for hydroxylation is 3. The van der Waals surface area contributed by atoms with Crippen molar-refractivity contribution >= 4 is 39.9 Å². The van der Waals surface area contributed by atoms with Crippen molar-refractivity contribution in [3.8, 4) is 10.4 Å². The van der Waals surface area contributed by atoms with Crippen LogP contribution in [0.2, 0.25) is 5.02 Å². The van der Waals surface area contributed by atoms with Gasteiger partial charge in [0.1, 0.15) is 11.5 Å².